The summed E-state index contributed by atoms with van der Waals surface area (Å²) in [5.41, 5.74) is 0.745. The van der Waals surface area contributed by atoms with E-state index >= 15 is 0 Å². The van der Waals surface area contributed by atoms with Crippen LogP contribution in [0, 0.1) is 0 Å². The largest absolute Gasteiger partial charge is 0.423 e. The van der Waals surface area contributed by atoms with Gasteiger partial charge in [-0.05, 0) is 42.1 Å². The van der Waals surface area contributed by atoms with E-state index in [0.29, 0.717) is 16.4 Å². The summed E-state index contributed by atoms with van der Waals surface area (Å²) in [4.78, 5) is 27.4. The minimum Gasteiger partial charge on any atom is -0.423 e. The maximum Gasteiger partial charge on any atom is 0.336 e. The first-order valence-electron chi connectivity index (χ1n) is 6.48. The molecule has 0 spiro atoms. The fourth-order valence-electron chi connectivity index (χ4n) is 1.81. The SMILES string of the molecule is CSc1nsc(SCC(=O)Nc2ccc3oc(=O)ccc3c2)n1. The topological polar surface area (TPSA) is 85.1 Å². The molecular weight excluding hydrogens is 354 g/mol. The fraction of sp³-hybridized carbons (Fsp3) is 0.143. The van der Waals surface area contributed by atoms with Gasteiger partial charge in [0.2, 0.25) is 11.1 Å². The summed E-state index contributed by atoms with van der Waals surface area (Å²) in [6.07, 6.45) is 1.91. The summed E-state index contributed by atoms with van der Waals surface area (Å²) in [5, 5.41) is 4.28. The van der Waals surface area contributed by atoms with Crippen molar-refractivity contribution in [3.63, 3.8) is 0 Å². The van der Waals surface area contributed by atoms with Crippen molar-refractivity contribution in [2.75, 3.05) is 17.3 Å². The minimum atomic E-state index is -0.396. The molecule has 0 saturated carbocycles. The van der Waals surface area contributed by atoms with E-state index in [1.54, 1.807) is 24.3 Å². The molecule has 0 aliphatic rings. The van der Waals surface area contributed by atoms with Crippen LogP contribution in [0.25, 0.3) is 11.0 Å². The van der Waals surface area contributed by atoms with Crippen LogP contribution in [0.2, 0.25) is 0 Å². The summed E-state index contributed by atoms with van der Waals surface area (Å²) >= 11 is 4.11. The standard InChI is InChI=1S/C14H11N3O3S3/c1-21-13-16-14(23-17-13)22-7-11(18)15-9-3-4-10-8(6-9)2-5-12(19)20-10/h2-6H,7H2,1H3,(H,15,18). The zero-order chi connectivity index (χ0) is 16.2. The molecule has 0 aliphatic heterocycles. The molecule has 0 unspecified atom stereocenters. The quantitative estimate of drug-likeness (QED) is 0.549. The number of fused-ring (bicyclic) bond motifs is 1. The molecule has 0 bridgehead atoms. The minimum absolute atomic E-state index is 0.132. The Bertz CT molecular complexity index is 907. The van der Waals surface area contributed by atoms with Crippen LogP contribution in [0.4, 0.5) is 5.69 Å². The average molecular weight is 365 g/mol. The van der Waals surface area contributed by atoms with Gasteiger partial charge in [-0.1, -0.05) is 23.5 Å². The van der Waals surface area contributed by atoms with Crippen LogP contribution in [-0.2, 0) is 4.79 Å². The number of aromatic nitrogens is 2. The number of carbonyl (C=O) groups is 1. The molecule has 6 nitrogen and oxygen atoms in total. The molecule has 0 atom stereocenters. The van der Waals surface area contributed by atoms with Crippen molar-refractivity contribution in [2.24, 2.45) is 0 Å². The Kier molecular flexibility index (Phi) is 4.99. The maximum atomic E-state index is 12.0. The number of nitrogens with one attached hydrogen (secondary N) is 1. The molecule has 9 heteroatoms. The lowest BCUT2D eigenvalue weighted by Crippen LogP contribution is -2.13. The summed E-state index contributed by atoms with van der Waals surface area (Å²) in [6.45, 7) is 0. The van der Waals surface area contributed by atoms with Crippen LogP contribution in [0.15, 0.2) is 49.0 Å². The molecule has 0 radical (unpaired) electrons. The Morgan fingerprint density at radius 2 is 2.22 bits per heavy atom. The third kappa shape index (κ3) is 4.12. The van der Waals surface area contributed by atoms with Crippen molar-refractivity contribution in [2.45, 2.75) is 9.50 Å². The van der Waals surface area contributed by atoms with Gasteiger partial charge in [0, 0.05) is 17.1 Å². The molecule has 2 heterocycles. The summed E-state index contributed by atoms with van der Waals surface area (Å²) < 4.78 is 9.96. The van der Waals surface area contributed by atoms with E-state index in [9.17, 15) is 9.59 Å². The van der Waals surface area contributed by atoms with Gasteiger partial charge in [-0.25, -0.2) is 9.78 Å². The van der Waals surface area contributed by atoms with Gasteiger partial charge in [0.25, 0.3) is 0 Å². The number of thioether (sulfide) groups is 2. The molecule has 1 aromatic carbocycles. The highest BCUT2D eigenvalue weighted by Crippen LogP contribution is 2.24. The normalized spacial score (nSPS) is 10.8. The number of amides is 1. The third-order valence-electron chi connectivity index (χ3n) is 2.80. The third-order valence-corrected chi connectivity index (χ3v) is 5.30. The second-order valence-electron chi connectivity index (χ2n) is 4.39. The van der Waals surface area contributed by atoms with Gasteiger partial charge in [-0.3, -0.25) is 4.79 Å². The van der Waals surface area contributed by atoms with Crippen molar-refractivity contribution < 1.29 is 9.21 Å². The summed E-state index contributed by atoms with van der Waals surface area (Å²) in [6, 6.07) is 8.14. The van der Waals surface area contributed by atoms with Crippen LogP contribution in [-0.4, -0.2) is 27.3 Å². The average Bonchev–Trinajstić information content (AvgIpc) is 3.01. The Hall–Kier alpha value is -1.84. The number of anilines is 1. The Morgan fingerprint density at radius 3 is 3.00 bits per heavy atom. The van der Waals surface area contributed by atoms with Crippen molar-refractivity contribution >= 4 is 57.6 Å². The highest BCUT2D eigenvalue weighted by molar-refractivity contribution is 8.01. The van der Waals surface area contributed by atoms with E-state index in [-0.39, 0.29) is 11.7 Å². The maximum absolute atomic E-state index is 12.0. The zero-order valence-electron chi connectivity index (χ0n) is 11.9. The van der Waals surface area contributed by atoms with E-state index in [2.05, 4.69) is 14.7 Å². The molecule has 3 aromatic rings. The molecular formula is C14H11N3O3S3. The molecule has 0 fully saturated rings. The predicted octanol–water partition coefficient (Wildman–Crippen LogP) is 3.10. The molecule has 1 N–H and O–H groups in total. The number of nitrogens with zero attached hydrogens (tertiary/aromatic N) is 2. The smallest absolute Gasteiger partial charge is 0.336 e. The highest BCUT2D eigenvalue weighted by Gasteiger charge is 2.08. The van der Waals surface area contributed by atoms with Gasteiger partial charge in [-0.2, -0.15) is 4.37 Å². The predicted molar refractivity (Wildman–Crippen MR) is 93.5 cm³/mol. The summed E-state index contributed by atoms with van der Waals surface area (Å²) in [5.74, 6) is 0.123. The van der Waals surface area contributed by atoms with E-state index in [4.69, 9.17) is 4.42 Å². The van der Waals surface area contributed by atoms with Crippen molar-refractivity contribution in [1.29, 1.82) is 0 Å². The molecule has 0 saturated heterocycles. The lowest BCUT2D eigenvalue weighted by Gasteiger charge is -2.05. The van der Waals surface area contributed by atoms with Gasteiger partial charge in [0.15, 0.2) is 4.34 Å². The molecule has 23 heavy (non-hydrogen) atoms. The number of benzene rings is 1. The van der Waals surface area contributed by atoms with E-state index in [0.717, 1.165) is 9.73 Å². The van der Waals surface area contributed by atoms with Crippen LogP contribution in [0.3, 0.4) is 0 Å². The second kappa shape index (κ2) is 7.16. The molecule has 2 aromatic heterocycles. The Labute approximate surface area is 143 Å². The van der Waals surface area contributed by atoms with E-state index < -0.39 is 5.63 Å². The van der Waals surface area contributed by atoms with Gasteiger partial charge >= 0.3 is 5.63 Å². The van der Waals surface area contributed by atoms with Gasteiger partial charge < -0.3 is 9.73 Å². The Balaban J connectivity index is 1.63. The fourth-order valence-corrected chi connectivity index (χ4v) is 3.82. The van der Waals surface area contributed by atoms with Gasteiger partial charge in [0.1, 0.15) is 5.58 Å². The first-order valence-corrected chi connectivity index (χ1v) is 9.47. The highest BCUT2D eigenvalue weighted by atomic mass is 32.2. The van der Waals surface area contributed by atoms with Crippen LogP contribution >= 0.6 is 35.1 Å². The number of carbonyl (C=O) groups excluding carboxylic acids is 1. The van der Waals surface area contributed by atoms with Crippen molar-refractivity contribution in [3.05, 3.63) is 40.8 Å². The lowest BCUT2D eigenvalue weighted by atomic mass is 10.2. The Morgan fingerprint density at radius 1 is 1.35 bits per heavy atom. The summed E-state index contributed by atoms with van der Waals surface area (Å²) in [7, 11) is 0. The first kappa shape index (κ1) is 16.0. The van der Waals surface area contributed by atoms with Crippen LogP contribution in [0.1, 0.15) is 0 Å². The molecule has 3 rings (SSSR count). The van der Waals surface area contributed by atoms with E-state index in [1.807, 2.05) is 6.26 Å². The van der Waals surface area contributed by atoms with Crippen molar-refractivity contribution in [1.82, 2.24) is 9.36 Å². The number of rotatable bonds is 5. The molecule has 1 amide bonds. The second-order valence-corrected chi connectivity index (χ2v) is 7.14. The first-order chi connectivity index (χ1) is 11.1. The molecule has 0 aliphatic carbocycles. The van der Waals surface area contributed by atoms with Gasteiger partial charge in [0.05, 0.1) is 5.75 Å². The zero-order valence-corrected chi connectivity index (χ0v) is 14.4. The monoisotopic (exact) mass is 365 g/mol. The number of hydrogen-bond donors (Lipinski definition) is 1. The van der Waals surface area contributed by atoms with Crippen molar-refractivity contribution in [3.8, 4) is 0 Å². The van der Waals surface area contributed by atoms with Crippen LogP contribution < -0.4 is 10.9 Å². The number of hydrogen-bond acceptors (Lipinski definition) is 8. The molecule has 118 valence electrons. The lowest BCUT2D eigenvalue weighted by molar-refractivity contribution is -0.113. The van der Waals surface area contributed by atoms with E-state index in [1.165, 1.54) is 41.1 Å². The van der Waals surface area contributed by atoms with Gasteiger partial charge in [-0.15, -0.1) is 0 Å². The van der Waals surface area contributed by atoms with Crippen LogP contribution in [0.5, 0.6) is 0 Å².